The summed E-state index contributed by atoms with van der Waals surface area (Å²) in [5, 5.41) is 11.1. The Morgan fingerprint density at radius 2 is 1.86 bits per heavy atom. The third-order valence-corrected chi connectivity index (χ3v) is 9.49. The van der Waals surface area contributed by atoms with Crippen LogP contribution in [0, 0.1) is 11.6 Å². The Kier molecular flexibility index (Phi) is 9.48. The van der Waals surface area contributed by atoms with Gasteiger partial charge in [0, 0.05) is 65.5 Å². The highest BCUT2D eigenvalue weighted by Crippen LogP contribution is 2.47. The molecule has 226 valence electrons. The standard InChI is InChI=1S/C29H32Cl2F2N4O4S/c1-5-24(38)37-15(2)11-35(12-16(37)3)28-19-9-21(31)25(18-8-20(30)23(33)10-22(18)32)27-26(19)36(29(39)34-28)13-17(14-42-27)41-7-6-40-4/h5,8-10,15-17,24,38H,1,6-7,11-14H2,2-4H3/t15-,16+,17?,24?. The minimum absolute atomic E-state index is 0.0289. The molecule has 5 rings (SSSR count). The highest BCUT2D eigenvalue weighted by molar-refractivity contribution is 7.99. The van der Waals surface area contributed by atoms with Crippen LogP contribution in [0.4, 0.5) is 14.6 Å². The van der Waals surface area contributed by atoms with E-state index in [-0.39, 0.29) is 40.3 Å². The van der Waals surface area contributed by atoms with Crippen molar-refractivity contribution < 1.29 is 23.4 Å². The molecule has 4 atom stereocenters. The van der Waals surface area contributed by atoms with Crippen LogP contribution in [0.3, 0.4) is 0 Å². The van der Waals surface area contributed by atoms with Crippen LogP contribution >= 0.6 is 35.0 Å². The Labute approximate surface area is 256 Å². The lowest BCUT2D eigenvalue weighted by Crippen LogP contribution is -2.60. The summed E-state index contributed by atoms with van der Waals surface area (Å²) < 4.78 is 42.0. The summed E-state index contributed by atoms with van der Waals surface area (Å²) in [5.41, 5.74) is 0.403. The Hall–Kier alpha value is -2.25. The maximum absolute atomic E-state index is 15.3. The summed E-state index contributed by atoms with van der Waals surface area (Å²) >= 11 is 14.4. The Bertz CT molecular complexity index is 1560. The normalized spacial score (nSPS) is 21.9. The third-order valence-electron chi connectivity index (χ3n) is 7.67. The van der Waals surface area contributed by atoms with Crippen LogP contribution in [0.25, 0.3) is 22.0 Å². The number of aromatic nitrogens is 2. The van der Waals surface area contributed by atoms with Crippen molar-refractivity contribution in [3.8, 4) is 11.1 Å². The molecule has 0 amide bonds. The summed E-state index contributed by atoms with van der Waals surface area (Å²) in [6.07, 6.45) is 0.309. The molecule has 1 saturated heterocycles. The molecule has 1 aromatic heterocycles. The summed E-state index contributed by atoms with van der Waals surface area (Å²) in [4.78, 5) is 22.8. The zero-order valence-electron chi connectivity index (χ0n) is 23.4. The molecule has 1 fully saturated rings. The molecule has 0 saturated carbocycles. The molecular formula is C29H32Cl2F2N4O4S. The number of thioether (sulfide) groups is 1. The Balaban J connectivity index is 1.71. The highest BCUT2D eigenvalue weighted by atomic mass is 35.5. The third kappa shape index (κ3) is 5.80. The first-order valence-corrected chi connectivity index (χ1v) is 15.3. The number of nitrogens with zero attached hydrogens (tertiary/aromatic N) is 4. The van der Waals surface area contributed by atoms with Crippen molar-refractivity contribution in [3.05, 3.63) is 63.0 Å². The number of aliphatic hydroxyl groups excluding tert-OH is 1. The monoisotopic (exact) mass is 640 g/mol. The molecule has 42 heavy (non-hydrogen) atoms. The number of halogens is 4. The van der Waals surface area contributed by atoms with Crippen molar-refractivity contribution in [2.24, 2.45) is 0 Å². The molecule has 13 heteroatoms. The van der Waals surface area contributed by atoms with Gasteiger partial charge in [0.05, 0.1) is 41.4 Å². The van der Waals surface area contributed by atoms with E-state index in [1.807, 2.05) is 23.6 Å². The van der Waals surface area contributed by atoms with Crippen LogP contribution in [-0.2, 0) is 16.0 Å². The van der Waals surface area contributed by atoms with E-state index >= 15 is 4.39 Å². The minimum Gasteiger partial charge on any atom is -0.382 e. The Morgan fingerprint density at radius 1 is 1.14 bits per heavy atom. The maximum atomic E-state index is 15.3. The van der Waals surface area contributed by atoms with Crippen LogP contribution in [0.15, 0.2) is 40.5 Å². The molecule has 0 aliphatic carbocycles. The van der Waals surface area contributed by atoms with Gasteiger partial charge in [0.2, 0.25) is 0 Å². The van der Waals surface area contributed by atoms with Crippen LogP contribution in [0.5, 0.6) is 0 Å². The lowest BCUT2D eigenvalue weighted by atomic mass is 10.0. The fourth-order valence-corrected chi connectivity index (χ4v) is 7.66. The number of methoxy groups -OCH3 is 1. The number of aliphatic hydroxyl groups is 1. The highest BCUT2D eigenvalue weighted by Gasteiger charge is 2.35. The van der Waals surface area contributed by atoms with Crippen molar-refractivity contribution in [1.82, 2.24) is 14.5 Å². The summed E-state index contributed by atoms with van der Waals surface area (Å²) in [5.74, 6) is -0.822. The molecule has 2 aromatic carbocycles. The largest absolute Gasteiger partial charge is 0.382 e. The van der Waals surface area contributed by atoms with E-state index in [0.717, 1.165) is 6.07 Å². The average Bonchev–Trinajstić information content (AvgIpc) is 3.13. The fraction of sp³-hybridized carbons (Fsp3) is 0.448. The molecule has 0 spiro atoms. The van der Waals surface area contributed by atoms with E-state index in [2.05, 4.69) is 11.6 Å². The van der Waals surface area contributed by atoms with Gasteiger partial charge in [-0.05, 0) is 32.1 Å². The number of ether oxygens (including phenoxy) is 2. The van der Waals surface area contributed by atoms with Crippen molar-refractivity contribution >= 4 is 51.7 Å². The summed E-state index contributed by atoms with van der Waals surface area (Å²) in [6, 6.07) is 3.45. The van der Waals surface area contributed by atoms with Gasteiger partial charge in [-0.25, -0.2) is 13.6 Å². The molecule has 0 bridgehead atoms. The summed E-state index contributed by atoms with van der Waals surface area (Å²) in [7, 11) is 1.58. The van der Waals surface area contributed by atoms with E-state index in [1.165, 1.54) is 23.9 Å². The smallest absolute Gasteiger partial charge is 0.350 e. The molecule has 2 unspecified atom stereocenters. The van der Waals surface area contributed by atoms with Crippen molar-refractivity contribution in [1.29, 1.82) is 0 Å². The molecule has 1 N–H and O–H groups in total. The number of piperazine rings is 1. The van der Waals surface area contributed by atoms with Gasteiger partial charge < -0.3 is 19.5 Å². The SMILES string of the molecule is C=CC(O)N1[C@H](C)CN(c2nc(=O)n3c4c(c(-c5cc(Cl)c(F)cc5F)c(Cl)cc24)SCC(OCCOC)C3)C[C@@H]1C. The molecule has 2 aliphatic rings. The van der Waals surface area contributed by atoms with Crippen molar-refractivity contribution in [3.63, 3.8) is 0 Å². The van der Waals surface area contributed by atoms with Crippen LogP contribution in [-0.4, -0.2) is 83.1 Å². The van der Waals surface area contributed by atoms with Gasteiger partial charge in [0.25, 0.3) is 0 Å². The van der Waals surface area contributed by atoms with E-state index < -0.39 is 23.6 Å². The van der Waals surface area contributed by atoms with E-state index in [4.69, 9.17) is 32.7 Å². The molecule has 8 nitrogen and oxygen atoms in total. The number of hydrogen-bond acceptors (Lipinski definition) is 8. The van der Waals surface area contributed by atoms with Gasteiger partial charge >= 0.3 is 5.69 Å². The van der Waals surface area contributed by atoms with E-state index in [1.54, 1.807) is 17.7 Å². The first-order valence-electron chi connectivity index (χ1n) is 13.5. The van der Waals surface area contributed by atoms with Gasteiger partial charge in [0.15, 0.2) is 0 Å². The van der Waals surface area contributed by atoms with E-state index in [0.29, 0.717) is 59.2 Å². The van der Waals surface area contributed by atoms with Crippen LogP contribution in [0.2, 0.25) is 10.0 Å². The predicted octanol–water partition coefficient (Wildman–Crippen LogP) is 5.19. The lowest BCUT2D eigenvalue weighted by molar-refractivity contribution is -0.0208. The predicted molar refractivity (Wildman–Crippen MR) is 163 cm³/mol. The molecular weight excluding hydrogens is 609 g/mol. The van der Waals surface area contributed by atoms with Gasteiger partial charge in [-0.15, -0.1) is 11.8 Å². The lowest BCUT2D eigenvalue weighted by Gasteiger charge is -2.46. The van der Waals surface area contributed by atoms with Crippen molar-refractivity contribution in [2.75, 3.05) is 44.1 Å². The zero-order valence-corrected chi connectivity index (χ0v) is 25.8. The van der Waals surface area contributed by atoms with Gasteiger partial charge in [-0.1, -0.05) is 29.8 Å². The first kappa shape index (κ1) is 31.2. The number of benzene rings is 2. The minimum atomic E-state index is -0.882. The van der Waals surface area contributed by atoms with Crippen LogP contribution < -0.4 is 10.6 Å². The van der Waals surface area contributed by atoms with E-state index in [9.17, 15) is 14.3 Å². The molecule has 3 heterocycles. The number of anilines is 1. The maximum Gasteiger partial charge on any atom is 0.350 e. The topological polar surface area (TPSA) is 80.1 Å². The molecule has 0 radical (unpaired) electrons. The Morgan fingerprint density at radius 3 is 2.52 bits per heavy atom. The quantitative estimate of drug-likeness (QED) is 0.205. The number of hydrogen-bond donors (Lipinski definition) is 1. The van der Waals surface area contributed by atoms with Gasteiger partial charge in [-0.2, -0.15) is 4.98 Å². The molecule has 2 aliphatic heterocycles. The fourth-order valence-electron chi connectivity index (χ4n) is 5.86. The average molecular weight is 642 g/mol. The molecule has 3 aromatic rings. The first-order chi connectivity index (χ1) is 20.0. The van der Waals surface area contributed by atoms with Crippen LogP contribution in [0.1, 0.15) is 13.8 Å². The van der Waals surface area contributed by atoms with Crippen molar-refractivity contribution in [2.45, 2.75) is 49.7 Å². The second-order valence-corrected chi connectivity index (χ2v) is 12.4. The second kappa shape index (κ2) is 12.8. The van der Waals surface area contributed by atoms with Gasteiger partial charge in [-0.3, -0.25) is 9.47 Å². The zero-order chi connectivity index (χ0) is 30.3. The second-order valence-electron chi connectivity index (χ2n) is 10.5. The summed E-state index contributed by atoms with van der Waals surface area (Å²) in [6.45, 7) is 9.58. The number of rotatable bonds is 8. The van der Waals surface area contributed by atoms with Gasteiger partial charge in [0.1, 0.15) is 23.7 Å².